The van der Waals surface area contributed by atoms with E-state index in [1.54, 1.807) is 6.92 Å². The SMILES string of the molecule is Cc1noc(CCC(=O)O[C@@H]2CCCCc3c(Br)cccc32)n1. The average molecular weight is 379 g/mol. The van der Waals surface area contributed by atoms with Gasteiger partial charge < -0.3 is 9.26 Å². The number of rotatable bonds is 4. The molecule has 1 aliphatic carbocycles. The van der Waals surface area contributed by atoms with Crippen molar-refractivity contribution in [3.63, 3.8) is 0 Å². The fraction of sp³-hybridized carbons (Fsp3) is 0.471. The van der Waals surface area contributed by atoms with Crippen molar-refractivity contribution < 1.29 is 14.1 Å². The van der Waals surface area contributed by atoms with E-state index < -0.39 is 0 Å². The first-order valence-electron chi connectivity index (χ1n) is 7.89. The topological polar surface area (TPSA) is 65.2 Å². The van der Waals surface area contributed by atoms with Gasteiger partial charge in [0, 0.05) is 10.9 Å². The van der Waals surface area contributed by atoms with Crippen molar-refractivity contribution >= 4 is 21.9 Å². The van der Waals surface area contributed by atoms with E-state index in [2.05, 4.69) is 32.1 Å². The summed E-state index contributed by atoms with van der Waals surface area (Å²) in [6, 6.07) is 6.10. The number of esters is 1. The summed E-state index contributed by atoms with van der Waals surface area (Å²) in [5, 5.41) is 3.72. The molecule has 3 rings (SSSR count). The monoisotopic (exact) mass is 378 g/mol. The van der Waals surface area contributed by atoms with Gasteiger partial charge in [-0.3, -0.25) is 4.79 Å². The van der Waals surface area contributed by atoms with Crippen LogP contribution in [0, 0.1) is 6.92 Å². The predicted octanol–water partition coefficient (Wildman–Crippen LogP) is 4.08. The van der Waals surface area contributed by atoms with E-state index in [9.17, 15) is 4.79 Å². The Labute approximate surface area is 143 Å². The van der Waals surface area contributed by atoms with Gasteiger partial charge in [0.1, 0.15) is 6.10 Å². The third kappa shape index (κ3) is 3.99. The van der Waals surface area contributed by atoms with Gasteiger partial charge in [-0.15, -0.1) is 0 Å². The minimum atomic E-state index is -0.223. The number of ether oxygens (including phenoxy) is 1. The molecule has 1 atom stereocenters. The molecule has 23 heavy (non-hydrogen) atoms. The van der Waals surface area contributed by atoms with Crippen molar-refractivity contribution in [1.29, 1.82) is 0 Å². The molecule has 6 heteroatoms. The van der Waals surface area contributed by atoms with Gasteiger partial charge in [0.15, 0.2) is 5.82 Å². The quantitative estimate of drug-likeness (QED) is 0.592. The number of benzene rings is 1. The Balaban J connectivity index is 1.65. The van der Waals surface area contributed by atoms with Gasteiger partial charge >= 0.3 is 5.97 Å². The number of fused-ring (bicyclic) bond motifs is 1. The summed E-state index contributed by atoms with van der Waals surface area (Å²) < 4.78 is 11.8. The fourth-order valence-electron chi connectivity index (χ4n) is 2.92. The van der Waals surface area contributed by atoms with Gasteiger partial charge in [-0.05, 0) is 49.8 Å². The maximum absolute atomic E-state index is 12.2. The average Bonchev–Trinajstić information content (AvgIpc) is 2.83. The predicted molar refractivity (Wildman–Crippen MR) is 87.9 cm³/mol. The van der Waals surface area contributed by atoms with Gasteiger partial charge in [-0.1, -0.05) is 33.2 Å². The second kappa shape index (κ2) is 7.25. The van der Waals surface area contributed by atoms with E-state index in [4.69, 9.17) is 9.26 Å². The molecule has 5 nitrogen and oxygen atoms in total. The highest BCUT2D eigenvalue weighted by Gasteiger charge is 2.23. The van der Waals surface area contributed by atoms with E-state index >= 15 is 0 Å². The molecule has 0 amide bonds. The van der Waals surface area contributed by atoms with Crippen molar-refractivity contribution in [2.45, 2.75) is 51.6 Å². The second-order valence-electron chi connectivity index (χ2n) is 5.77. The van der Waals surface area contributed by atoms with Gasteiger partial charge in [-0.2, -0.15) is 4.98 Å². The van der Waals surface area contributed by atoms with E-state index in [0.29, 0.717) is 18.1 Å². The number of carbonyl (C=O) groups excluding carboxylic acids is 1. The lowest BCUT2D eigenvalue weighted by atomic mass is 10.0. The molecule has 0 bridgehead atoms. The highest BCUT2D eigenvalue weighted by Crippen LogP contribution is 2.35. The standard InChI is InChI=1S/C17H19BrN2O3/c1-11-19-16(23-20-11)9-10-17(21)22-15-8-3-2-5-12-13(15)6-4-7-14(12)18/h4,6-7,15H,2-3,5,8-10H2,1H3/t15-/m1/s1. The zero-order valence-corrected chi connectivity index (χ0v) is 14.6. The number of nitrogens with zero attached hydrogens (tertiary/aromatic N) is 2. The zero-order valence-electron chi connectivity index (χ0n) is 13.0. The van der Waals surface area contributed by atoms with E-state index in [0.717, 1.165) is 35.7 Å². The summed E-state index contributed by atoms with van der Waals surface area (Å²) >= 11 is 3.61. The molecule has 2 aromatic rings. The molecule has 0 saturated carbocycles. The maximum atomic E-state index is 12.2. The molecule has 0 aliphatic heterocycles. The smallest absolute Gasteiger partial charge is 0.306 e. The minimum absolute atomic E-state index is 0.165. The van der Waals surface area contributed by atoms with Crippen molar-refractivity contribution in [3.05, 3.63) is 45.5 Å². The summed E-state index contributed by atoms with van der Waals surface area (Å²) in [4.78, 5) is 16.3. The maximum Gasteiger partial charge on any atom is 0.306 e. The van der Waals surface area contributed by atoms with Crippen LogP contribution in [0.1, 0.15) is 54.6 Å². The van der Waals surface area contributed by atoms with Crippen LogP contribution in [-0.4, -0.2) is 16.1 Å². The Kier molecular flexibility index (Phi) is 5.10. The summed E-state index contributed by atoms with van der Waals surface area (Å²) in [6.07, 6.45) is 4.56. The molecule has 1 heterocycles. The number of hydrogen-bond acceptors (Lipinski definition) is 5. The van der Waals surface area contributed by atoms with Crippen molar-refractivity contribution in [2.24, 2.45) is 0 Å². The van der Waals surface area contributed by atoms with Crippen LogP contribution in [0.25, 0.3) is 0 Å². The Morgan fingerprint density at radius 1 is 1.43 bits per heavy atom. The van der Waals surface area contributed by atoms with Crippen molar-refractivity contribution in [2.75, 3.05) is 0 Å². The Morgan fingerprint density at radius 2 is 2.30 bits per heavy atom. The van der Waals surface area contributed by atoms with Crippen LogP contribution in [-0.2, 0) is 22.4 Å². The number of halogens is 1. The van der Waals surface area contributed by atoms with Crippen LogP contribution in [0.5, 0.6) is 0 Å². The second-order valence-corrected chi connectivity index (χ2v) is 6.62. The molecule has 0 radical (unpaired) electrons. The Morgan fingerprint density at radius 3 is 3.09 bits per heavy atom. The van der Waals surface area contributed by atoms with Gasteiger partial charge in [0.25, 0.3) is 0 Å². The normalized spacial score (nSPS) is 17.4. The lowest BCUT2D eigenvalue weighted by Crippen LogP contribution is -2.13. The van der Waals surface area contributed by atoms with Crippen LogP contribution in [0.4, 0.5) is 0 Å². The first-order valence-corrected chi connectivity index (χ1v) is 8.69. The minimum Gasteiger partial charge on any atom is -0.457 e. The van der Waals surface area contributed by atoms with Crippen molar-refractivity contribution in [3.8, 4) is 0 Å². The van der Waals surface area contributed by atoms with E-state index in [1.807, 2.05) is 12.1 Å². The van der Waals surface area contributed by atoms with Crippen LogP contribution < -0.4 is 0 Å². The molecule has 0 N–H and O–H groups in total. The van der Waals surface area contributed by atoms with E-state index in [-0.39, 0.29) is 18.5 Å². The molecule has 0 unspecified atom stereocenters. The first-order chi connectivity index (χ1) is 11.1. The lowest BCUT2D eigenvalue weighted by Gasteiger charge is -2.19. The molecule has 0 spiro atoms. The van der Waals surface area contributed by atoms with Gasteiger partial charge in [0.05, 0.1) is 6.42 Å². The third-order valence-corrected chi connectivity index (χ3v) is 4.77. The number of aryl methyl sites for hydroxylation is 2. The number of hydrogen-bond donors (Lipinski definition) is 0. The fourth-order valence-corrected chi connectivity index (χ4v) is 3.50. The molecular formula is C17H19BrN2O3. The van der Waals surface area contributed by atoms with Crippen LogP contribution in [0.3, 0.4) is 0 Å². The summed E-state index contributed by atoms with van der Waals surface area (Å²) in [5.74, 6) is 0.832. The molecule has 1 aromatic carbocycles. The zero-order chi connectivity index (χ0) is 16.2. The summed E-state index contributed by atoms with van der Waals surface area (Å²) in [6.45, 7) is 1.76. The van der Waals surface area contributed by atoms with Gasteiger partial charge in [-0.25, -0.2) is 0 Å². The molecule has 0 saturated heterocycles. The number of carbonyl (C=O) groups is 1. The molecule has 1 aromatic heterocycles. The summed E-state index contributed by atoms with van der Waals surface area (Å²) in [7, 11) is 0. The molecule has 1 aliphatic rings. The number of aromatic nitrogens is 2. The van der Waals surface area contributed by atoms with Crippen LogP contribution in [0.2, 0.25) is 0 Å². The van der Waals surface area contributed by atoms with Crippen LogP contribution in [0.15, 0.2) is 27.2 Å². The van der Waals surface area contributed by atoms with Crippen LogP contribution >= 0.6 is 15.9 Å². The lowest BCUT2D eigenvalue weighted by molar-refractivity contribution is -0.149. The molecular weight excluding hydrogens is 360 g/mol. The summed E-state index contributed by atoms with van der Waals surface area (Å²) in [5.41, 5.74) is 2.38. The molecule has 122 valence electrons. The Hall–Kier alpha value is -1.69. The largest absolute Gasteiger partial charge is 0.457 e. The Bertz CT molecular complexity index is 699. The van der Waals surface area contributed by atoms with Crippen molar-refractivity contribution in [1.82, 2.24) is 10.1 Å². The highest BCUT2D eigenvalue weighted by molar-refractivity contribution is 9.10. The van der Waals surface area contributed by atoms with Gasteiger partial charge in [0.2, 0.25) is 5.89 Å². The molecule has 0 fully saturated rings. The third-order valence-electron chi connectivity index (χ3n) is 4.03. The highest BCUT2D eigenvalue weighted by atomic mass is 79.9. The first kappa shape index (κ1) is 16.2. The van der Waals surface area contributed by atoms with E-state index in [1.165, 1.54) is 5.56 Å².